The van der Waals surface area contributed by atoms with Crippen molar-refractivity contribution in [2.45, 2.75) is 31.7 Å². The van der Waals surface area contributed by atoms with Crippen LogP contribution in [0.2, 0.25) is 0 Å². The Kier molecular flexibility index (Phi) is 5.50. The molecule has 3 rings (SSSR count). The van der Waals surface area contributed by atoms with E-state index < -0.39 is 5.97 Å². The number of carboxylic acids is 1. The van der Waals surface area contributed by atoms with Crippen molar-refractivity contribution >= 4 is 29.7 Å². The number of hydrogen-bond donors (Lipinski definition) is 2. The molecule has 0 bridgehead atoms. The lowest BCUT2D eigenvalue weighted by atomic mass is 9.86. The standard InChI is InChI=1S/C18H24N4O5/c1-21(2)15-8-7-13(27-15)9-14-16(26-10-19)20-22(17(14)23)12-5-3-11(4-6-12)18(24)25/h7-9,11-12H,3-6,10,19H2,1-2H3,(H,24,25). The van der Waals surface area contributed by atoms with Gasteiger partial charge in [-0.1, -0.05) is 0 Å². The Morgan fingerprint density at radius 3 is 2.67 bits per heavy atom. The number of carbonyl (C=O) groups excluding carboxylic acids is 1. The first-order chi connectivity index (χ1) is 12.9. The van der Waals surface area contributed by atoms with Gasteiger partial charge < -0.3 is 19.2 Å². The van der Waals surface area contributed by atoms with Crippen LogP contribution in [-0.4, -0.2) is 54.8 Å². The Labute approximate surface area is 157 Å². The third-order valence-electron chi connectivity index (χ3n) is 4.82. The minimum Gasteiger partial charge on any atom is -0.481 e. The number of carboxylic acid groups (broad SMARTS) is 1. The second-order valence-electron chi connectivity index (χ2n) is 6.84. The molecular formula is C18H24N4O5. The molecule has 0 spiro atoms. The fourth-order valence-electron chi connectivity index (χ4n) is 3.34. The Hall–Kier alpha value is -2.81. The van der Waals surface area contributed by atoms with Gasteiger partial charge in [0.25, 0.3) is 5.91 Å². The first kappa shape index (κ1) is 19.0. The molecule has 27 heavy (non-hydrogen) atoms. The van der Waals surface area contributed by atoms with Crippen LogP contribution in [0.15, 0.2) is 27.2 Å². The van der Waals surface area contributed by atoms with Crippen LogP contribution < -0.4 is 10.6 Å². The number of carbonyl (C=O) groups is 2. The van der Waals surface area contributed by atoms with Crippen molar-refractivity contribution in [2.24, 2.45) is 16.8 Å². The van der Waals surface area contributed by atoms with E-state index in [0.29, 0.717) is 37.3 Å². The van der Waals surface area contributed by atoms with Crippen LogP contribution in [-0.2, 0) is 14.3 Å². The summed E-state index contributed by atoms with van der Waals surface area (Å²) in [6.45, 7) is -0.107. The minimum absolute atomic E-state index is 0.107. The van der Waals surface area contributed by atoms with Crippen LogP contribution in [0.4, 0.5) is 5.88 Å². The Morgan fingerprint density at radius 1 is 1.41 bits per heavy atom. The monoisotopic (exact) mass is 376 g/mol. The summed E-state index contributed by atoms with van der Waals surface area (Å²) >= 11 is 0. The Balaban J connectivity index is 1.79. The van der Waals surface area contributed by atoms with Gasteiger partial charge in [0.05, 0.1) is 12.0 Å². The molecule has 3 N–H and O–H groups in total. The highest BCUT2D eigenvalue weighted by atomic mass is 16.5. The minimum atomic E-state index is -0.785. The molecule has 1 aromatic heterocycles. The number of hydrazone groups is 1. The van der Waals surface area contributed by atoms with Crippen molar-refractivity contribution in [1.82, 2.24) is 5.01 Å². The van der Waals surface area contributed by atoms with E-state index in [2.05, 4.69) is 5.10 Å². The molecule has 0 radical (unpaired) electrons. The lowest BCUT2D eigenvalue weighted by Crippen LogP contribution is -2.37. The van der Waals surface area contributed by atoms with Gasteiger partial charge in [0, 0.05) is 20.2 Å². The molecule has 0 unspecified atom stereocenters. The van der Waals surface area contributed by atoms with Crippen LogP contribution in [0, 0.1) is 5.92 Å². The lowest BCUT2D eigenvalue weighted by Gasteiger charge is -2.30. The largest absolute Gasteiger partial charge is 0.481 e. The molecule has 146 valence electrons. The zero-order valence-electron chi connectivity index (χ0n) is 15.4. The van der Waals surface area contributed by atoms with Crippen LogP contribution in [0.25, 0.3) is 6.08 Å². The number of rotatable bonds is 5. The fourth-order valence-corrected chi connectivity index (χ4v) is 3.34. The molecule has 1 amide bonds. The SMILES string of the molecule is CN(C)c1ccc(C=C2C(=O)N(C3CCC(C(=O)O)CC3)N=C2OCN)o1. The average Bonchev–Trinajstić information content (AvgIpc) is 3.23. The first-order valence-corrected chi connectivity index (χ1v) is 8.87. The molecule has 1 aliphatic carbocycles. The molecule has 0 saturated heterocycles. The van der Waals surface area contributed by atoms with Crippen molar-refractivity contribution in [3.63, 3.8) is 0 Å². The highest BCUT2D eigenvalue weighted by Crippen LogP contribution is 2.32. The quantitative estimate of drug-likeness (QED) is 0.589. The predicted octanol–water partition coefficient (Wildman–Crippen LogP) is 1.46. The zero-order valence-corrected chi connectivity index (χ0v) is 15.4. The van der Waals surface area contributed by atoms with Gasteiger partial charge >= 0.3 is 5.97 Å². The number of hydrogen-bond acceptors (Lipinski definition) is 7. The van der Waals surface area contributed by atoms with Gasteiger partial charge in [-0.25, -0.2) is 5.01 Å². The number of furan rings is 1. The van der Waals surface area contributed by atoms with E-state index in [1.807, 2.05) is 19.0 Å². The van der Waals surface area contributed by atoms with Crippen LogP contribution in [0.5, 0.6) is 0 Å². The van der Waals surface area contributed by atoms with E-state index >= 15 is 0 Å². The number of anilines is 1. The highest BCUT2D eigenvalue weighted by molar-refractivity contribution is 6.24. The van der Waals surface area contributed by atoms with Crippen molar-refractivity contribution < 1.29 is 23.8 Å². The maximum absolute atomic E-state index is 12.9. The normalized spacial score (nSPS) is 24.3. The van der Waals surface area contributed by atoms with E-state index in [1.165, 1.54) is 5.01 Å². The maximum atomic E-state index is 12.9. The molecule has 1 aliphatic heterocycles. The van der Waals surface area contributed by atoms with E-state index in [1.54, 1.807) is 18.2 Å². The van der Waals surface area contributed by atoms with E-state index in [4.69, 9.17) is 20.0 Å². The third kappa shape index (κ3) is 3.97. The number of amides is 1. The van der Waals surface area contributed by atoms with Gasteiger partial charge in [-0.2, -0.15) is 0 Å². The number of nitrogens with two attached hydrogens (primary N) is 1. The van der Waals surface area contributed by atoms with Gasteiger partial charge in [0.15, 0.2) is 5.88 Å². The molecule has 9 nitrogen and oxygen atoms in total. The van der Waals surface area contributed by atoms with Crippen molar-refractivity contribution in [1.29, 1.82) is 0 Å². The average molecular weight is 376 g/mol. The predicted molar refractivity (Wildman–Crippen MR) is 98.8 cm³/mol. The number of nitrogens with zero attached hydrogens (tertiary/aromatic N) is 3. The van der Waals surface area contributed by atoms with Crippen molar-refractivity contribution in [2.75, 3.05) is 25.7 Å². The summed E-state index contributed by atoms with van der Waals surface area (Å²) in [6.07, 6.45) is 3.81. The van der Waals surface area contributed by atoms with Crippen LogP contribution in [0.3, 0.4) is 0 Å². The fraction of sp³-hybridized carbons (Fsp3) is 0.500. The van der Waals surface area contributed by atoms with E-state index in [0.717, 1.165) is 0 Å². The highest BCUT2D eigenvalue weighted by Gasteiger charge is 2.38. The van der Waals surface area contributed by atoms with Crippen LogP contribution >= 0.6 is 0 Å². The summed E-state index contributed by atoms with van der Waals surface area (Å²) in [5.41, 5.74) is 5.75. The smallest absolute Gasteiger partial charge is 0.306 e. The second kappa shape index (κ2) is 7.83. The van der Waals surface area contributed by atoms with E-state index in [-0.39, 0.29) is 36.1 Å². The molecule has 2 heterocycles. The van der Waals surface area contributed by atoms with Gasteiger partial charge in [0.2, 0.25) is 5.90 Å². The molecule has 1 fully saturated rings. The molecule has 2 aliphatic rings. The summed E-state index contributed by atoms with van der Waals surface area (Å²) in [5, 5.41) is 14.8. The lowest BCUT2D eigenvalue weighted by molar-refractivity contribution is -0.143. The Morgan fingerprint density at radius 2 is 2.11 bits per heavy atom. The summed E-state index contributed by atoms with van der Waals surface area (Å²) < 4.78 is 11.0. The molecule has 0 aromatic carbocycles. The van der Waals surface area contributed by atoms with Crippen molar-refractivity contribution in [3.8, 4) is 0 Å². The summed E-state index contributed by atoms with van der Waals surface area (Å²) in [4.78, 5) is 25.8. The zero-order chi connectivity index (χ0) is 19.6. The van der Waals surface area contributed by atoms with Crippen molar-refractivity contribution in [3.05, 3.63) is 23.5 Å². The Bertz CT molecular complexity index is 774. The molecular weight excluding hydrogens is 352 g/mol. The topological polar surface area (TPSA) is 122 Å². The van der Waals surface area contributed by atoms with Gasteiger partial charge in [-0.05, 0) is 37.8 Å². The first-order valence-electron chi connectivity index (χ1n) is 8.87. The van der Waals surface area contributed by atoms with Gasteiger partial charge in [0.1, 0.15) is 18.1 Å². The van der Waals surface area contributed by atoms with Gasteiger partial charge in [-0.15, -0.1) is 5.10 Å². The van der Waals surface area contributed by atoms with Gasteiger partial charge in [-0.3, -0.25) is 15.3 Å². The maximum Gasteiger partial charge on any atom is 0.306 e. The summed E-state index contributed by atoms with van der Waals surface area (Å²) in [7, 11) is 3.71. The molecule has 0 atom stereocenters. The third-order valence-corrected chi connectivity index (χ3v) is 4.82. The number of ether oxygens (including phenoxy) is 1. The van der Waals surface area contributed by atoms with E-state index in [9.17, 15) is 9.59 Å². The van der Waals surface area contributed by atoms with Crippen LogP contribution in [0.1, 0.15) is 31.4 Å². The molecule has 1 aromatic rings. The molecule has 9 heteroatoms. The number of aliphatic carboxylic acids is 1. The second-order valence-corrected chi connectivity index (χ2v) is 6.84. The molecule has 1 saturated carbocycles. The summed E-state index contributed by atoms with van der Waals surface area (Å²) in [6, 6.07) is 3.41. The summed E-state index contributed by atoms with van der Waals surface area (Å²) in [5.74, 6) is -0.107.